The van der Waals surface area contributed by atoms with E-state index < -0.39 is 10.5 Å². The van der Waals surface area contributed by atoms with E-state index in [1.54, 1.807) is 0 Å². The topological polar surface area (TPSA) is 102 Å². The Bertz CT molecular complexity index is 348. The summed E-state index contributed by atoms with van der Waals surface area (Å²) in [4.78, 5) is 22.1. The Morgan fingerprint density at radius 2 is 2.08 bits per heavy atom. The van der Waals surface area contributed by atoms with Gasteiger partial charge >= 0.3 is 5.69 Å². The van der Waals surface area contributed by atoms with Crippen molar-refractivity contribution in [2.75, 3.05) is 5.73 Å². The highest BCUT2D eigenvalue weighted by Crippen LogP contribution is 2.13. The van der Waals surface area contributed by atoms with Crippen LogP contribution < -0.4 is 11.3 Å². The van der Waals surface area contributed by atoms with E-state index in [0.29, 0.717) is 0 Å². The standard InChI is InChI=1S/C5H5N3O3.BrH/c6-5-3(8(10)11)1-2-4(9)7-5;/h1-2H,(H3,6,7,9);1H. The van der Waals surface area contributed by atoms with Crippen molar-refractivity contribution in [3.8, 4) is 0 Å². The fraction of sp³-hybridized carbons (Fsp3) is 0. The molecule has 7 heteroatoms. The first kappa shape index (κ1) is 10.6. The molecule has 0 saturated heterocycles. The number of aromatic nitrogens is 1. The smallest absolute Gasteiger partial charge is 0.309 e. The van der Waals surface area contributed by atoms with Crippen LogP contribution >= 0.6 is 17.0 Å². The van der Waals surface area contributed by atoms with Crippen molar-refractivity contribution in [3.63, 3.8) is 0 Å². The summed E-state index contributed by atoms with van der Waals surface area (Å²) in [5.41, 5.74) is 4.39. The van der Waals surface area contributed by atoms with Gasteiger partial charge in [-0.25, -0.2) is 0 Å². The van der Waals surface area contributed by atoms with Crippen molar-refractivity contribution in [2.45, 2.75) is 0 Å². The molecule has 1 aromatic rings. The van der Waals surface area contributed by atoms with E-state index in [9.17, 15) is 14.9 Å². The first-order valence-corrected chi connectivity index (χ1v) is 2.74. The highest BCUT2D eigenvalue weighted by atomic mass is 79.9. The lowest BCUT2D eigenvalue weighted by Crippen LogP contribution is -2.08. The molecule has 0 bridgehead atoms. The van der Waals surface area contributed by atoms with Gasteiger partial charge in [0, 0.05) is 12.1 Å². The quantitative estimate of drug-likeness (QED) is 0.545. The number of halogens is 1. The van der Waals surface area contributed by atoms with Gasteiger partial charge < -0.3 is 10.7 Å². The molecule has 0 radical (unpaired) electrons. The molecule has 0 aliphatic carbocycles. The Labute approximate surface area is 77.3 Å². The Morgan fingerprint density at radius 1 is 1.50 bits per heavy atom. The number of nitrogen functional groups attached to an aromatic ring is 1. The molecule has 1 aromatic heterocycles. The number of hydrogen-bond acceptors (Lipinski definition) is 4. The van der Waals surface area contributed by atoms with Crippen molar-refractivity contribution in [1.29, 1.82) is 0 Å². The third-order valence-corrected chi connectivity index (χ3v) is 1.12. The van der Waals surface area contributed by atoms with Gasteiger partial charge in [0.05, 0.1) is 4.92 Å². The summed E-state index contributed by atoms with van der Waals surface area (Å²) >= 11 is 0. The second kappa shape index (κ2) is 3.86. The third-order valence-electron chi connectivity index (χ3n) is 1.12. The minimum atomic E-state index is -0.661. The molecular weight excluding hydrogens is 230 g/mol. The van der Waals surface area contributed by atoms with Crippen molar-refractivity contribution in [1.82, 2.24) is 4.98 Å². The average Bonchev–Trinajstić information content (AvgIpc) is 1.85. The summed E-state index contributed by atoms with van der Waals surface area (Å²) in [7, 11) is 0. The number of nitrogens with zero attached hydrogens (tertiary/aromatic N) is 1. The summed E-state index contributed by atoms with van der Waals surface area (Å²) in [5.74, 6) is -0.220. The van der Waals surface area contributed by atoms with Crippen LogP contribution in [0.2, 0.25) is 0 Å². The minimum absolute atomic E-state index is 0. The Morgan fingerprint density at radius 3 is 2.50 bits per heavy atom. The van der Waals surface area contributed by atoms with Gasteiger partial charge in [-0.05, 0) is 0 Å². The maximum Gasteiger partial charge on any atom is 0.309 e. The van der Waals surface area contributed by atoms with Gasteiger partial charge in [-0.2, -0.15) is 0 Å². The zero-order chi connectivity index (χ0) is 8.43. The molecule has 0 unspecified atom stereocenters. The Kier molecular flexibility index (Phi) is 3.42. The third kappa shape index (κ3) is 2.06. The van der Waals surface area contributed by atoms with Gasteiger partial charge in [0.25, 0.3) is 0 Å². The van der Waals surface area contributed by atoms with Gasteiger partial charge in [-0.3, -0.25) is 14.9 Å². The molecule has 0 amide bonds. The first-order chi connectivity index (χ1) is 5.11. The fourth-order valence-corrected chi connectivity index (χ4v) is 0.642. The molecule has 1 heterocycles. The molecule has 0 fully saturated rings. The molecule has 1 rings (SSSR count). The van der Waals surface area contributed by atoms with Gasteiger partial charge in [0.1, 0.15) is 0 Å². The van der Waals surface area contributed by atoms with Crippen molar-refractivity contribution >= 4 is 28.5 Å². The number of anilines is 1. The zero-order valence-electron chi connectivity index (χ0n) is 5.81. The molecular formula is C5H6BrN3O3. The number of aromatic amines is 1. The van der Waals surface area contributed by atoms with Crippen LogP contribution in [-0.4, -0.2) is 9.91 Å². The number of H-pyrrole nitrogens is 1. The molecule has 0 atom stereocenters. The number of hydrogen-bond donors (Lipinski definition) is 2. The van der Waals surface area contributed by atoms with Crippen molar-refractivity contribution in [2.24, 2.45) is 0 Å². The first-order valence-electron chi connectivity index (χ1n) is 2.74. The SMILES string of the molecule is Br.Nc1[nH]c(=O)ccc1[N+](=O)[O-]. The highest BCUT2D eigenvalue weighted by Gasteiger charge is 2.09. The van der Waals surface area contributed by atoms with E-state index >= 15 is 0 Å². The maximum absolute atomic E-state index is 10.5. The van der Waals surface area contributed by atoms with Crippen LogP contribution in [0.15, 0.2) is 16.9 Å². The number of nitro groups is 1. The largest absolute Gasteiger partial charge is 0.379 e. The fourth-order valence-electron chi connectivity index (χ4n) is 0.642. The maximum atomic E-state index is 10.5. The molecule has 0 aromatic carbocycles. The van der Waals surface area contributed by atoms with Gasteiger partial charge in [-0.15, -0.1) is 17.0 Å². The van der Waals surface area contributed by atoms with Crippen molar-refractivity contribution < 1.29 is 4.92 Å². The van der Waals surface area contributed by atoms with E-state index in [4.69, 9.17) is 5.73 Å². The lowest BCUT2D eigenvalue weighted by atomic mass is 10.4. The zero-order valence-corrected chi connectivity index (χ0v) is 7.53. The van der Waals surface area contributed by atoms with Crippen molar-refractivity contribution in [3.05, 3.63) is 32.6 Å². The van der Waals surface area contributed by atoms with E-state index in [0.717, 1.165) is 12.1 Å². The van der Waals surface area contributed by atoms with Crippen LogP contribution in [0.1, 0.15) is 0 Å². The van der Waals surface area contributed by atoms with Crippen LogP contribution in [0.3, 0.4) is 0 Å². The second-order valence-electron chi connectivity index (χ2n) is 1.88. The summed E-state index contributed by atoms with van der Waals surface area (Å²) in [6.45, 7) is 0. The summed E-state index contributed by atoms with van der Waals surface area (Å²) < 4.78 is 0. The predicted octanol–water partition coefficient (Wildman–Crippen LogP) is 0.443. The molecule has 0 aliphatic rings. The van der Waals surface area contributed by atoms with Crippen LogP contribution in [0.4, 0.5) is 11.5 Å². The molecule has 3 N–H and O–H groups in total. The number of nitrogens with one attached hydrogen (secondary N) is 1. The molecule has 6 nitrogen and oxygen atoms in total. The molecule has 0 spiro atoms. The lowest BCUT2D eigenvalue weighted by Gasteiger charge is -1.93. The second-order valence-corrected chi connectivity index (χ2v) is 1.88. The molecule has 12 heavy (non-hydrogen) atoms. The van der Waals surface area contributed by atoms with E-state index in [-0.39, 0.29) is 28.5 Å². The predicted molar refractivity (Wildman–Crippen MR) is 48.5 cm³/mol. The number of pyridine rings is 1. The minimum Gasteiger partial charge on any atom is -0.379 e. The summed E-state index contributed by atoms with van der Waals surface area (Å²) in [5, 5.41) is 10.1. The van der Waals surface area contributed by atoms with E-state index in [1.165, 1.54) is 0 Å². The highest BCUT2D eigenvalue weighted by molar-refractivity contribution is 8.93. The molecule has 0 aliphatic heterocycles. The van der Waals surface area contributed by atoms with Crippen LogP contribution in [-0.2, 0) is 0 Å². The molecule has 66 valence electrons. The van der Waals surface area contributed by atoms with Gasteiger partial charge in [-0.1, -0.05) is 0 Å². The monoisotopic (exact) mass is 235 g/mol. The molecule has 0 saturated carbocycles. The summed E-state index contributed by atoms with van der Waals surface area (Å²) in [6.07, 6.45) is 0. The summed E-state index contributed by atoms with van der Waals surface area (Å²) in [6, 6.07) is 2.11. The van der Waals surface area contributed by atoms with Crippen LogP contribution in [0, 0.1) is 10.1 Å². The Balaban J connectivity index is 0.00000121. The average molecular weight is 236 g/mol. The normalized spacial score (nSPS) is 8.67. The van der Waals surface area contributed by atoms with E-state index in [1.807, 2.05) is 0 Å². The van der Waals surface area contributed by atoms with Gasteiger partial charge in [0.15, 0.2) is 5.82 Å². The Hall–Kier alpha value is -1.37. The van der Waals surface area contributed by atoms with Crippen LogP contribution in [0.25, 0.3) is 0 Å². The van der Waals surface area contributed by atoms with E-state index in [2.05, 4.69) is 4.98 Å². The number of nitrogens with two attached hydrogens (primary N) is 1. The number of rotatable bonds is 1. The van der Waals surface area contributed by atoms with Crippen LogP contribution in [0.5, 0.6) is 0 Å². The van der Waals surface area contributed by atoms with Gasteiger partial charge in [0.2, 0.25) is 5.56 Å². The lowest BCUT2D eigenvalue weighted by molar-refractivity contribution is -0.384.